The summed E-state index contributed by atoms with van der Waals surface area (Å²) in [5.74, 6) is 0.148. The first-order valence-electron chi connectivity index (χ1n) is 34.8. The van der Waals surface area contributed by atoms with E-state index in [2.05, 4.69) is 48.5 Å². The van der Waals surface area contributed by atoms with E-state index in [4.69, 9.17) is 37.0 Å². The van der Waals surface area contributed by atoms with Gasteiger partial charge in [0.2, 0.25) is 0 Å². The second kappa shape index (κ2) is 58.2. The number of unbranched alkanes of at least 4 members (excludes halogenated alkanes) is 33. The Labute approximate surface area is 524 Å². The number of ether oxygens (including phenoxy) is 4. The predicted molar refractivity (Wildman–Crippen MR) is 344 cm³/mol. The fraction of sp³-hybridized carbons (Fsp3) is 0.940. The minimum atomic E-state index is -4.95. The average molecular weight is 1270 g/mol. The Morgan fingerprint density at radius 1 is 0.314 bits per heavy atom. The van der Waals surface area contributed by atoms with E-state index in [9.17, 15) is 43.2 Å². The minimum absolute atomic E-state index is 0.105. The van der Waals surface area contributed by atoms with Crippen molar-refractivity contribution in [2.75, 3.05) is 39.6 Å². The Balaban J connectivity index is 5.18. The van der Waals surface area contributed by atoms with Crippen molar-refractivity contribution in [2.24, 2.45) is 17.8 Å². The van der Waals surface area contributed by atoms with Gasteiger partial charge in [-0.15, -0.1) is 0 Å². The first-order valence-corrected chi connectivity index (χ1v) is 37.8. The topological polar surface area (TPSA) is 237 Å². The van der Waals surface area contributed by atoms with E-state index in [1.807, 2.05) is 0 Å². The maximum atomic E-state index is 13.0. The van der Waals surface area contributed by atoms with Crippen LogP contribution in [0.1, 0.15) is 331 Å². The van der Waals surface area contributed by atoms with Crippen molar-refractivity contribution in [3.63, 3.8) is 0 Å². The summed E-state index contributed by atoms with van der Waals surface area (Å²) in [5, 5.41) is 10.5. The number of carbonyl (C=O) groups excluding carboxylic acids is 4. The van der Waals surface area contributed by atoms with Crippen LogP contribution in [0, 0.1) is 17.8 Å². The van der Waals surface area contributed by atoms with Gasteiger partial charge in [0.05, 0.1) is 26.4 Å². The molecule has 19 heteroatoms. The Morgan fingerprint density at radius 2 is 0.535 bits per heavy atom. The minimum Gasteiger partial charge on any atom is -0.462 e. The highest BCUT2D eigenvalue weighted by Crippen LogP contribution is 2.45. The highest BCUT2D eigenvalue weighted by molar-refractivity contribution is 7.47. The summed E-state index contributed by atoms with van der Waals surface area (Å²) in [6.07, 6.45) is 40.6. The van der Waals surface area contributed by atoms with Crippen LogP contribution in [0.25, 0.3) is 0 Å². The van der Waals surface area contributed by atoms with Crippen molar-refractivity contribution in [1.29, 1.82) is 0 Å². The second-order valence-corrected chi connectivity index (χ2v) is 28.5. The Hall–Kier alpha value is -1.94. The molecule has 3 N–H and O–H groups in total. The number of aliphatic hydroxyl groups is 1. The normalized spacial score (nSPS) is 14.3. The predicted octanol–water partition coefficient (Wildman–Crippen LogP) is 18.7. The summed E-state index contributed by atoms with van der Waals surface area (Å²) in [6, 6.07) is 0. The smallest absolute Gasteiger partial charge is 0.462 e. The summed E-state index contributed by atoms with van der Waals surface area (Å²) >= 11 is 0. The largest absolute Gasteiger partial charge is 0.472 e. The molecular formula is C67H130O17P2. The van der Waals surface area contributed by atoms with Crippen LogP contribution in [0.4, 0.5) is 0 Å². The molecule has 0 aliphatic rings. The summed E-state index contributed by atoms with van der Waals surface area (Å²) < 4.78 is 68.0. The standard InChI is InChI=1S/C67H130O17P2/c1-8-9-10-31-41-48-64(69)77-54-62(83-66(71)51-44-37-30-24-18-17-21-27-34-40-47-60(6)7)56-81-85(73,74)79-52-61(68)53-80-86(75,76)82-57-63(84-67(72)50-43-36-29-23-16-12-14-20-26-33-39-46-59(4)5)55-78-65(70)49-42-35-28-22-15-11-13-19-25-32-38-45-58(2)3/h58-63,68H,8-57H2,1-7H3,(H,73,74)(H,75,76)/t61-,62+,63+/m0/s1. The molecule has 0 saturated heterocycles. The van der Waals surface area contributed by atoms with Gasteiger partial charge < -0.3 is 33.8 Å². The van der Waals surface area contributed by atoms with Gasteiger partial charge in [-0.05, 0) is 43.4 Å². The molecule has 17 nitrogen and oxygen atoms in total. The van der Waals surface area contributed by atoms with Crippen molar-refractivity contribution >= 4 is 39.5 Å². The lowest BCUT2D eigenvalue weighted by molar-refractivity contribution is -0.161. The molecule has 0 heterocycles. The maximum Gasteiger partial charge on any atom is 0.472 e. The van der Waals surface area contributed by atoms with Crippen molar-refractivity contribution in [2.45, 2.75) is 349 Å². The van der Waals surface area contributed by atoms with E-state index in [0.29, 0.717) is 25.7 Å². The van der Waals surface area contributed by atoms with Crippen molar-refractivity contribution < 1.29 is 80.2 Å². The highest BCUT2D eigenvalue weighted by atomic mass is 31.2. The number of phosphoric ester groups is 2. The second-order valence-electron chi connectivity index (χ2n) is 25.6. The first-order chi connectivity index (χ1) is 41.2. The van der Waals surface area contributed by atoms with Crippen LogP contribution >= 0.6 is 15.6 Å². The molecule has 510 valence electrons. The zero-order valence-electron chi connectivity index (χ0n) is 55.8. The van der Waals surface area contributed by atoms with E-state index in [1.54, 1.807) is 0 Å². The van der Waals surface area contributed by atoms with E-state index in [0.717, 1.165) is 114 Å². The lowest BCUT2D eigenvalue weighted by Crippen LogP contribution is -2.30. The molecular weight excluding hydrogens is 1140 g/mol. The van der Waals surface area contributed by atoms with E-state index in [-0.39, 0.29) is 25.7 Å². The number of esters is 4. The van der Waals surface area contributed by atoms with Crippen LogP contribution in [0.2, 0.25) is 0 Å². The van der Waals surface area contributed by atoms with Gasteiger partial charge in [0.1, 0.15) is 19.3 Å². The molecule has 0 aromatic carbocycles. The molecule has 0 aromatic rings. The number of phosphoric acid groups is 2. The molecule has 0 aliphatic carbocycles. The molecule has 0 aromatic heterocycles. The molecule has 0 radical (unpaired) electrons. The molecule has 86 heavy (non-hydrogen) atoms. The Bertz CT molecular complexity index is 1700. The molecule has 0 saturated carbocycles. The Morgan fingerprint density at radius 3 is 0.791 bits per heavy atom. The lowest BCUT2D eigenvalue weighted by Gasteiger charge is -2.21. The van der Waals surface area contributed by atoms with Crippen LogP contribution in [0.15, 0.2) is 0 Å². The highest BCUT2D eigenvalue weighted by Gasteiger charge is 2.30. The third kappa shape index (κ3) is 60.9. The van der Waals surface area contributed by atoms with Gasteiger partial charge in [-0.25, -0.2) is 9.13 Å². The molecule has 0 aliphatic heterocycles. The number of hydrogen-bond acceptors (Lipinski definition) is 15. The van der Waals surface area contributed by atoms with Gasteiger partial charge in [0, 0.05) is 25.7 Å². The van der Waals surface area contributed by atoms with Gasteiger partial charge >= 0.3 is 39.5 Å². The van der Waals surface area contributed by atoms with Gasteiger partial charge in [-0.3, -0.25) is 37.3 Å². The van der Waals surface area contributed by atoms with Crippen molar-refractivity contribution in [3.05, 3.63) is 0 Å². The quantitative estimate of drug-likeness (QED) is 0.0222. The molecule has 0 bridgehead atoms. The average Bonchev–Trinajstić information content (AvgIpc) is 3.62. The molecule has 5 atom stereocenters. The van der Waals surface area contributed by atoms with Crippen LogP contribution in [0.5, 0.6) is 0 Å². The molecule has 2 unspecified atom stereocenters. The van der Waals surface area contributed by atoms with Crippen molar-refractivity contribution in [3.8, 4) is 0 Å². The summed E-state index contributed by atoms with van der Waals surface area (Å²) in [5.41, 5.74) is 0. The van der Waals surface area contributed by atoms with Gasteiger partial charge in [0.15, 0.2) is 12.2 Å². The fourth-order valence-corrected chi connectivity index (χ4v) is 11.6. The van der Waals surface area contributed by atoms with E-state index in [1.165, 1.54) is 135 Å². The van der Waals surface area contributed by atoms with Gasteiger partial charge in [-0.2, -0.15) is 0 Å². The van der Waals surface area contributed by atoms with Crippen LogP contribution in [0.3, 0.4) is 0 Å². The molecule has 0 fully saturated rings. The monoisotopic (exact) mass is 1270 g/mol. The SMILES string of the molecule is CCCCCCCC(=O)OC[C@H](COP(=O)(O)OC[C@H](O)COP(=O)(O)OC[C@@H](COC(=O)CCCCCCCCCCCCCC(C)C)OC(=O)CCCCCCCCCCCCCC(C)C)OC(=O)CCCCCCCCCCCCC(C)C. The van der Waals surface area contributed by atoms with Crippen LogP contribution in [-0.4, -0.2) is 96.7 Å². The van der Waals surface area contributed by atoms with Crippen LogP contribution in [-0.2, 0) is 65.4 Å². The lowest BCUT2D eigenvalue weighted by atomic mass is 10.0. The summed E-state index contributed by atoms with van der Waals surface area (Å²) in [4.78, 5) is 72.2. The zero-order chi connectivity index (χ0) is 63.8. The number of aliphatic hydroxyl groups excluding tert-OH is 1. The Kier molecular flexibility index (Phi) is 56.9. The molecule has 0 rings (SSSR count). The first kappa shape index (κ1) is 84.1. The third-order valence-electron chi connectivity index (χ3n) is 15.4. The third-order valence-corrected chi connectivity index (χ3v) is 17.3. The number of hydrogen-bond donors (Lipinski definition) is 3. The summed E-state index contributed by atoms with van der Waals surface area (Å²) in [6.45, 7) is 11.7. The molecule has 0 amide bonds. The van der Waals surface area contributed by atoms with Crippen molar-refractivity contribution in [1.82, 2.24) is 0 Å². The molecule has 0 spiro atoms. The maximum absolute atomic E-state index is 13.0. The van der Waals surface area contributed by atoms with E-state index < -0.39 is 97.5 Å². The zero-order valence-corrected chi connectivity index (χ0v) is 57.6. The van der Waals surface area contributed by atoms with Gasteiger partial charge in [0.25, 0.3) is 0 Å². The number of rotatable bonds is 65. The summed E-state index contributed by atoms with van der Waals surface area (Å²) in [7, 11) is -9.89. The van der Waals surface area contributed by atoms with E-state index >= 15 is 0 Å². The van der Waals surface area contributed by atoms with Crippen LogP contribution < -0.4 is 0 Å². The number of carbonyl (C=O) groups is 4. The van der Waals surface area contributed by atoms with Gasteiger partial charge in [-0.1, -0.05) is 280 Å². The fourth-order valence-electron chi connectivity index (χ4n) is 10.0.